The second kappa shape index (κ2) is 5.16. The van der Waals surface area contributed by atoms with E-state index < -0.39 is 29.2 Å². The van der Waals surface area contributed by atoms with Crippen LogP contribution in [0.4, 0.5) is 23.2 Å². The number of amides is 1. The maximum absolute atomic E-state index is 13.8. The lowest BCUT2D eigenvalue weighted by atomic mass is 9.85. The van der Waals surface area contributed by atoms with Crippen molar-refractivity contribution < 1.29 is 22.4 Å². The molecule has 0 radical (unpaired) electrons. The van der Waals surface area contributed by atoms with Gasteiger partial charge in [-0.2, -0.15) is 22.5 Å². The van der Waals surface area contributed by atoms with Gasteiger partial charge in [0, 0.05) is 25.6 Å². The van der Waals surface area contributed by atoms with Gasteiger partial charge < -0.3 is 10.2 Å². The van der Waals surface area contributed by atoms with Crippen molar-refractivity contribution >= 4 is 11.6 Å². The molecule has 3 rings (SSSR count). The van der Waals surface area contributed by atoms with E-state index in [9.17, 15) is 22.4 Å². The molecule has 1 aromatic rings. The van der Waals surface area contributed by atoms with Crippen LogP contribution in [-0.4, -0.2) is 30.0 Å². The predicted molar refractivity (Wildman–Crippen MR) is 65.6 cm³/mol. The molecule has 2 saturated heterocycles. The van der Waals surface area contributed by atoms with Gasteiger partial charge in [0.05, 0.1) is 0 Å². The fourth-order valence-corrected chi connectivity index (χ4v) is 3.07. The Morgan fingerprint density at radius 3 is 2.43 bits per heavy atom. The van der Waals surface area contributed by atoms with Crippen molar-refractivity contribution in [1.82, 2.24) is 10.3 Å². The van der Waals surface area contributed by atoms with Crippen LogP contribution < -0.4 is 10.2 Å². The maximum Gasteiger partial charge on any atom is 0.253 e. The van der Waals surface area contributed by atoms with Crippen LogP contribution in [0.1, 0.15) is 19.3 Å². The molecule has 21 heavy (non-hydrogen) atoms. The molecule has 2 unspecified atom stereocenters. The number of nitrogens with zero attached hydrogens (tertiary/aromatic N) is 2. The van der Waals surface area contributed by atoms with Crippen LogP contribution in [-0.2, 0) is 4.79 Å². The summed E-state index contributed by atoms with van der Waals surface area (Å²) in [6.45, 7) is 0.444. The van der Waals surface area contributed by atoms with Crippen LogP contribution in [0.5, 0.6) is 0 Å². The normalized spacial score (nSPS) is 25.5. The highest BCUT2D eigenvalue weighted by atomic mass is 19.2. The SMILES string of the molecule is O=C1CCC2CN(c3c(F)c(F)nc(F)c3F)CCC2N1. The van der Waals surface area contributed by atoms with Crippen molar-refractivity contribution in [2.45, 2.75) is 25.3 Å². The number of anilines is 1. The van der Waals surface area contributed by atoms with Crippen LogP contribution in [0.15, 0.2) is 0 Å². The van der Waals surface area contributed by atoms with Crippen molar-refractivity contribution in [3.63, 3.8) is 0 Å². The van der Waals surface area contributed by atoms with Crippen molar-refractivity contribution in [3.8, 4) is 0 Å². The highest BCUT2D eigenvalue weighted by molar-refractivity contribution is 5.77. The Labute approximate surface area is 118 Å². The molecule has 8 heteroatoms. The molecule has 0 bridgehead atoms. The molecule has 0 aromatic carbocycles. The Kier molecular flexibility index (Phi) is 3.46. The zero-order valence-corrected chi connectivity index (χ0v) is 11.0. The lowest BCUT2D eigenvalue weighted by molar-refractivity contribution is -0.124. The van der Waals surface area contributed by atoms with Crippen LogP contribution in [0.25, 0.3) is 0 Å². The molecule has 114 valence electrons. The largest absolute Gasteiger partial charge is 0.366 e. The third-order valence-corrected chi connectivity index (χ3v) is 4.11. The predicted octanol–water partition coefficient (Wildman–Crippen LogP) is 1.74. The Balaban J connectivity index is 1.88. The molecule has 2 aliphatic heterocycles. The standard InChI is InChI=1S/C13H13F4N3O/c14-9-11(10(15)13(17)19-12(9)16)20-4-3-7-6(5-20)1-2-8(21)18-7/h6-7H,1-5H2,(H,18,21). The van der Waals surface area contributed by atoms with E-state index in [0.717, 1.165) is 0 Å². The number of hydrogen-bond donors (Lipinski definition) is 1. The second-order valence-electron chi connectivity index (χ2n) is 5.38. The van der Waals surface area contributed by atoms with E-state index in [0.29, 0.717) is 19.3 Å². The number of pyridine rings is 1. The average molecular weight is 303 g/mol. The van der Waals surface area contributed by atoms with Gasteiger partial charge in [-0.3, -0.25) is 4.79 Å². The minimum Gasteiger partial charge on any atom is -0.366 e. The number of carbonyl (C=O) groups excluding carboxylic acids is 1. The van der Waals surface area contributed by atoms with Gasteiger partial charge in [0.15, 0.2) is 0 Å². The first kappa shape index (κ1) is 14.1. The Morgan fingerprint density at radius 1 is 1.10 bits per heavy atom. The molecule has 1 N–H and O–H groups in total. The number of carbonyl (C=O) groups is 1. The first-order chi connectivity index (χ1) is 9.97. The van der Waals surface area contributed by atoms with E-state index in [2.05, 4.69) is 10.3 Å². The summed E-state index contributed by atoms with van der Waals surface area (Å²) in [7, 11) is 0. The molecule has 2 aliphatic rings. The van der Waals surface area contributed by atoms with E-state index in [-0.39, 0.29) is 31.0 Å². The molecule has 2 atom stereocenters. The van der Waals surface area contributed by atoms with Gasteiger partial charge in [0.25, 0.3) is 11.9 Å². The van der Waals surface area contributed by atoms with Crippen molar-refractivity contribution in [2.75, 3.05) is 18.0 Å². The van der Waals surface area contributed by atoms with Crippen molar-refractivity contribution in [3.05, 3.63) is 23.5 Å². The summed E-state index contributed by atoms with van der Waals surface area (Å²) in [6.07, 6.45) is 1.41. The summed E-state index contributed by atoms with van der Waals surface area (Å²) in [5.74, 6) is -6.29. The van der Waals surface area contributed by atoms with Crippen molar-refractivity contribution in [1.29, 1.82) is 0 Å². The van der Waals surface area contributed by atoms with Crippen LogP contribution in [0.2, 0.25) is 0 Å². The summed E-state index contributed by atoms with van der Waals surface area (Å²) in [6, 6.07) is -0.0508. The molecule has 1 aromatic heterocycles. The first-order valence-corrected chi connectivity index (χ1v) is 6.71. The summed E-state index contributed by atoms with van der Waals surface area (Å²) in [4.78, 5) is 15.2. The quantitative estimate of drug-likeness (QED) is 0.635. The van der Waals surface area contributed by atoms with Gasteiger partial charge in [-0.15, -0.1) is 0 Å². The molecular weight excluding hydrogens is 290 g/mol. The van der Waals surface area contributed by atoms with Crippen molar-refractivity contribution in [2.24, 2.45) is 5.92 Å². The number of aromatic nitrogens is 1. The highest BCUT2D eigenvalue weighted by Gasteiger charge is 2.36. The number of fused-ring (bicyclic) bond motifs is 1. The number of hydrogen-bond acceptors (Lipinski definition) is 3. The van der Waals surface area contributed by atoms with Crippen LogP contribution >= 0.6 is 0 Å². The van der Waals surface area contributed by atoms with Gasteiger partial charge >= 0.3 is 0 Å². The molecule has 0 saturated carbocycles. The fraction of sp³-hybridized carbons (Fsp3) is 0.538. The van der Waals surface area contributed by atoms with Crippen LogP contribution in [0, 0.1) is 29.4 Å². The third kappa shape index (κ3) is 2.43. The van der Waals surface area contributed by atoms with E-state index in [1.807, 2.05) is 0 Å². The Hall–Kier alpha value is -1.86. The first-order valence-electron chi connectivity index (χ1n) is 6.71. The Morgan fingerprint density at radius 2 is 1.76 bits per heavy atom. The monoisotopic (exact) mass is 303 g/mol. The molecule has 2 fully saturated rings. The second-order valence-corrected chi connectivity index (χ2v) is 5.38. The zero-order valence-electron chi connectivity index (χ0n) is 11.0. The van der Waals surface area contributed by atoms with Gasteiger partial charge in [-0.05, 0) is 18.8 Å². The minimum atomic E-state index is -1.65. The summed E-state index contributed by atoms with van der Waals surface area (Å²) in [5, 5.41) is 2.83. The smallest absolute Gasteiger partial charge is 0.253 e. The summed E-state index contributed by atoms with van der Waals surface area (Å²) < 4.78 is 53.9. The molecule has 0 aliphatic carbocycles. The topological polar surface area (TPSA) is 45.2 Å². The fourth-order valence-electron chi connectivity index (χ4n) is 3.07. The van der Waals surface area contributed by atoms with E-state index in [1.165, 1.54) is 4.90 Å². The molecule has 3 heterocycles. The maximum atomic E-state index is 13.8. The number of nitrogens with one attached hydrogen (secondary N) is 1. The third-order valence-electron chi connectivity index (χ3n) is 4.11. The highest BCUT2D eigenvalue weighted by Crippen LogP contribution is 2.32. The van der Waals surface area contributed by atoms with Gasteiger partial charge in [-0.25, -0.2) is 0 Å². The zero-order chi connectivity index (χ0) is 15.1. The molecule has 1 amide bonds. The molecular formula is C13H13F4N3O. The number of rotatable bonds is 1. The molecule has 0 spiro atoms. The number of piperidine rings is 2. The van der Waals surface area contributed by atoms with Gasteiger partial charge in [0.1, 0.15) is 5.69 Å². The molecule has 4 nitrogen and oxygen atoms in total. The van der Waals surface area contributed by atoms with Crippen LogP contribution in [0.3, 0.4) is 0 Å². The van der Waals surface area contributed by atoms with E-state index in [4.69, 9.17) is 0 Å². The van der Waals surface area contributed by atoms with Gasteiger partial charge in [0.2, 0.25) is 17.5 Å². The summed E-state index contributed by atoms with van der Waals surface area (Å²) >= 11 is 0. The Bertz CT molecular complexity index is 569. The number of halogens is 4. The van der Waals surface area contributed by atoms with Gasteiger partial charge in [-0.1, -0.05) is 0 Å². The summed E-state index contributed by atoms with van der Waals surface area (Å²) in [5.41, 5.74) is -0.713. The lowest BCUT2D eigenvalue weighted by Crippen LogP contribution is -2.54. The van der Waals surface area contributed by atoms with E-state index >= 15 is 0 Å². The lowest BCUT2D eigenvalue weighted by Gasteiger charge is -2.42. The van der Waals surface area contributed by atoms with E-state index in [1.54, 1.807) is 0 Å². The average Bonchev–Trinajstić information content (AvgIpc) is 2.45. The minimum absolute atomic E-state index is 0.00883.